The summed E-state index contributed by atoms with van der Waals surface area (Å²) in [6.07, 6.45) is 0. The zero-order chi connectivity index (χ0) is 22.0. The third kappa shape index (κ3) is 4.38. The second-order valence-corrected chi connectivity index (χ2v) is 8.11. The minimum atomic E-state index is -0.182. The molecule has 0 spiro atoms. The van der Waals surface area contributed by atoms with E-state index in [0.29, 0.717) is 30.0 Å². The monoisotopic (exact) mass is 434 g/mol. The van der Waals surface area contributed by atoms with Crippen molar-refractivity contribution in [1.29, 1.82) is 0 Å². The second-order valence-electron chi connectivity index (χ2n) is 7.73. The van der Waals surface area contributed by atoms with Crippen LogP contribution in [0.1, 0.15) is 35.5 Å². The summed E-state index contributed by atoms with van der Waals surface area (Å²) in [6.45, 7) is 7.35. The van der Waals surface area contributed by atoms with Crippen molar-refractivity contribution in [3.05, 3.63) is 76.8 Å². The maximum Gasteiger partial charge on any atom is 0.258 e. The summed E-state index contributed by atoms with van der Waals surface area (Å²) in [5.74, 6) is 1.05. The summed E-state index contributed by atoms with van der Waals surface area (Å²) in [4.78, 5) is 6.76. The van der Waals surface area contributed by atoms with Crippen molar-refractivity contribution in [3.63, 3.8) is 0 Å². The highest BCUT2D eigenvalue weighted by atomic mass is 32.1. The smallest absolute Gasteiger partial charge is 0.258 e. The van der Waals surface area contributed by atoms with Crippen LogP contribution in [0.4, 0.5) is 0 Å². The number of thiocarbonyl (C=S) groups is 1. The molecule has 6 nitrogen and oxygen atoms in total. The average molecular weight is 435 g/mol. The molecule has 7 heteroatoms. The summed E-state index contributed by atoms with van der Waals surface area (Å²) >= 11 is 5.68. The number of nitrogens with zero attached hydrogens (tertiary/aromatic N) is 3. The first-order valence-electron chi connectivity index (χ1n) is 10.2. The first-order chi connectivity index (χ1) is 15.0. The molecule has 0 fully saturated rings. The van der Waals surface area contributed by atoms with E-state index in [-0.39, 0.29) is 6.04 Å². The Morgan fingerprint density at radius 2 is 1.68 bits per heavy atom. The van der Waals surface area contributed by atoms with Gasteiger partial charge < -0.3 is 19.5 Å². The van der Waals surface area contributed by atoms with E-state index in [9.17, 15) is 0 Å². The summed E-state index contributed by atoms with van der Waals surface area (Å²) in [5.41, 5.74) is 6.28. The standard InChI is InChI=1S/C24H26N4O2S/c1-15-5-9-18(10-6-15)21-20(17(3)28(13-14-29-4)24(31)25-21)23-26-22(27-30-23)19-11-7-16(2)8-12-19/h5-12,21H,13-14H2,1-4H3,(H,25,31). The fraction of sp³-hybridized carbons (Fsp3) is 0.292. The van der Waals surface area contributed by atoms with Gasteiger partial charge in [0.2, 0.25) is 5.82 Å². The lowest BCUT2D eigenvalue weighted by Crippen LogP contribution is -2.47. The predicted octanol–water partition coefficient (Wildman–Crippen LogP) is 4.66. The molecule has 31 heavy (non-hydrogen) atoms. The minimum Gasteiger partial charge on any atom is -0.383 e. The topological polar surface area (TPSA) is 63.4 Å². The van der Waals surface area contributed by atoms with Gasteiger partial charge in [0.25, 0.3) is 5.89 Å². The van der Waals surface area contributed by atoms with Crippen molar-refractivity contribution in [3.8, 4) is 11.4 Å². The number of aryl methyl sites for hydroxylation is 2. The molecule has 1 N–H and O–H groups in total. The fourth-order valence-electron chi connectivity index (χ4n) is 3.67. The molecule has 1 aliphatic rings. The predicted molar refractivity (Wildman–Crippen MR) is 125 cm³/mol. The van der Waals surface area contributed by atoms with E-state index in [1.807, 2.05) is 36.1 Å². The molecule has 1 atom stereocenters. The third-order valence-corrected chi connectivity index (χ3v) is 5.83. The molecule has 0 radical (unpaired) electrons. The molecule has 3 aromatic rings. The number of rotatable bonds is 6. The molecule has 4 rings (SSSR count). The maximum atomic E-state index is 5.76. The summed E-state index contributed by atoms with van der Waals surface area (Å²) in [6, 6.07) is 16.3. The highest BCUT2D eigenvalue weighted by Crippen LogP contribution is 2.37. The summed E-state index contributed by atoms with van der Waals surface area (Å²) < 4.78 is 11.0. The second kappa shape index (κ2) is 8.99. The van der Waals surface area contributed by atoms with E-state index in [0.717, 1.165) is 22.4 Å². The highest BCUT2D eigenvalue weighted by Gasteiger charge is 2.33. The van der Waals surface area contributed by atoms with E-state index in [2.05, 4.69) is 48.6 Å². The molecule has 0 amide bonds. The Labute approximate surface area is 187 Å². The van der Waals surface area contributed by atoms with Gasteiger partial charge in [-0.05, 0) is 38.6 Å². The van der Waals surface area contributed by atoms with Gasteiger partial charge in [-0.1, -0.05) is 64.8 Å². The third-order valence-electron chi connectivity index (χ3n) is 5.49. The number of hydrogen-bond acceptors (Lipinski definition) is 5. The van der Waals surface area contributed by atoms with Gasteiger partial charge in [-0.2, -0.15) is 4.98 Å². The Kier molecular flexibility index (Phi) is 6.15. The molecule has 2 aromatic carbocycles. The summed E-state index contributed by atoms with van der Waals surface area (Å²) in [7, 11) is 1.68. The first-order valence-corrected chi connectivity index (χ1v) is 10.6. The van der Waals surface area contributed by atoms with Gasteiger partial charge in [-0.15, -0.1) is 0 Å². The van der Waals surface area contributed by atoms with Crippen LogP contribution in [0.3, 0.4) is 0 Å². The molecule has 0 saturated heterocycles. The molecular weight excluding hydrogens is 408 g/mol. The molecule has 0 saturated carbocycles. The minimum absolute atomic E-state index is 0.182. The normalized spacial score (nSPS) is 16.6. The van der Waals surface area contributed by atoms with Gasteiger partial charge in [-0.3, -0.25) is 0 Å². The van der Waals surface area contributed by atoms with Gasteiger partial charge in [0.05, 0.1) is 18.2 Å². The number of nitrogens with one attached hydrogen (secondary N) is 1. The van der Waals surface area contributed by atoms with Crippen LogP contribution in [-0.4, -0.2) is 40.4 Å². The van der Waals surface area contributed by atoms with Gasteiger partial charge in [0.15, 0.2) is 5.11 Å². The molecule has 1 aliphatic heterocycles. The lowest BCUT2D eigenvalue weighted by molar-refractivity contribution is 0.183. The molecule has 1 unspecified atom stereocenters. The Hall–Kier alpha value is -3.03. The van der Waals surface area contributed by atoms with Crippen LogP contribution < -0.4 is 5.32 Å². The van der Waals surface area contributed by atoms with Crippen molar-refractivity contribution < 1.29 is 9.26 Å². The lowest BCUT2D eigenvalue weighted by atomic mass is 9.94. The molecule has 0 aliphatic carbocycles. The Morgan fingerprint density at radius 3 is 2.32 bits per heavy atom. The quantitative estimate of drug-likeness (QED) is 0.566. The Morgan fingerprint density at radius 1 is 1.03 bits per heavy atom. The molecule has 2 heterocycles. The molecule has 160 valence electrons. The van der Waals surface area contributed by atoms with E-state index < -0.39 is 0 Å². The van der Waals surface area contributed by atoms with Gasteiger partial charge in [0, 0.05) is 24.9 Å². The lowest BCUT2D eigenvalue weighted by Gasteiger charge is -2.37. The van der Waals surface area contributed by atoms with E-state index in [1.165, 1.54) is 11.1 Å². The van der Waals surface area contributed by atoms with E-state index in [1.54, 1.807) is 7.11 Å². The van der Waals surface area contributed by atoms with Crippen LogP contribution >= 0.6 is 12.2 Å². The SMILES string of the molecule is COCCN1C(=S)NC(c2ccc(C)cc2)C(c2nc(-c3ccc(C)cc3)no2)=C1C. The molecule has 0 bridgehead atoms. The highest BCUT2D eigenvalue weighted by molar-refractivity contribution is 7.80. The molecule has 1 aromatic heterocycles. The average Bonchev–Trinajstić information content (AvgIpc) is 3.24. The maximum absolute atomic E-state index is 5.76. The van der Waals surface area contributed by atoms with Crippen molar-refractivity contribution in [2.75, 3.05) is 20.3 Å². The van der Waals surface area contributed by atoms with Crippen molar-refractivity contribution >= 4 is 22.9 Å². The van der Waals surface area contributed by atoms with Crippen molar-refractivity contribution in [2.45, 2.75) is 26.8 Å². The fourth-order valence-corrected chi connectivity index (χ4v) is 4.02. The van der Waals surface area contributed by atoms with Crippen LogP contribution in [0.15, 0.2) is 58.8 Å². The number of benzene rings is 2. The molecular formula is C24H26N4O2S. The number of ether oxygens (including phenoxy) is 1. The summed E-state index contributed by atoms with van der Waals surface area (Å²) in [5, 5.41) is 8.37. The van der Waals surface area contributed by atoms with Gasteiger partial charge in [-0.25, -0.2) is 0 Å². The van der Waals surface area contributed by atoms with Crippen molar-refractivity contribution in [2.24, 2.45) is 0 Å². The van der Waals surface area contributed by atoms with Crippen LogP contribution in [-0.2, 0) is 4.74 Å². The largest absolute Gasteiger partial charge is 0.383 e. The van der Waals surface area contributed by atoms with Crippen LogP contribution in [0.5, 0.6) is 0 Å². The van der Waals surface area contributed by atoms with Crippen LogP contribution in [0.25, 0.3) is 17.0 Å². The number of aromatic nitrogens is 2. The number of methoxy groups -OCH3 is 1. The van der Waals surface area contributed by atoms with E-state index >= 15 is 0 Å². The Balaban J connectivity index is 1.78. The van der Waals surface area contributed by atoms with Gasteiger partial charge in [0.1, 0.15) is 0 Å². The van der Waals surface area contributed by atoms with Crippen molar-refractivity contribution in [1.82, 2.24) is 20.4 Å². The van der Waals surface area contributed by atoms with Crippen LogP contribution in [0.2, 0.25) is 0 Å². The zero-order valence-electron chi connectivity index (χ0n) is 18.2. The van der Waals surface area contributed by atoms with Gasteiger partial charge >= 0.3 is 0 Å². The van der Waals surface area contributed by atoms with E-state index in [4.69, 9.17) is 26.5 Å². The first kappa shape index (κ1) is 21.2. The van der Waals surface area contributed by atoms with Crippen LogP contribution in [0, 0.1) is 13.8 Å². The zero-order valence-corrected chi connectivity index (χ0v) is 19.0. The Bertz CT molecular complexity index is 1100. The number of hydrogen-bond donors (Lipinski definition) is 1. The number of allylic oxidation sites excluding steroid dienone is 1.